The zero-order valence-corrected chi connectivity index (χ0v) is 9.66. The van der Waals surface area contributed by atoms with Crippen LogP contribution in [0.15, 0.2) is 24.3 Å². The molecule has 0 aliphatic carbocycles. The quantitative estimate of drug-likeness (QED) is 0.788. The first-order valence-corrected chi connectivity index (χ1v) is 5.38. The number of urea groups is 1. The number of hydrogen-bond donors (Lipinski definition) is 2. The molecule has 0 aromatic heterocycles. The average molecular weight is 241 g/mol. The fourth-order valence-corrected chi connectivity index (χ4v) is 1.88. The van der Waals surface area contributed by atoms with E-state index < -0.39 is 5.60 Å². The zero-order chi connectivity index (χ0) is 11.8. The van der Waals surface area contributed by atoms with Crippen LogP contribution in [0.2, 0.25) is 5.02 Å². The Bertz CT molecular complexity index is 412. The van der Waals surface area contributed by atoms with Crippen molar-refractivity contribution in [3.63, 3.8) is 0 Å². The van der Waals surface area contributed by atoms with Crippen LogP contribution < -0.4 is 5.32 Å². The summed E-state index contributed by atoms with van der Waals surface area (Å²) in [6.45, 7) is 2.43. The second kappa shape index (κ2) is 3.96. The van der Waals surface area contributed by atoms with Gasteiger partial charge >= 0.3 is 6.03 Å². The fourth-order valence-electron chi connectivity index (χ4n) is 1.69. The first-order valence-electron chi connectivity index (χ1n) is 5.00. The normalized spacial score (nSPS) is 17.8. The van der Waals surface area contributed by atoms with Crippen LogP contribution in [0, 0.1) is 0 Å². The van der Waals surface area contributed by atoms with Crippen LogP contribution in [0.1, 0.15) is 6.92 Å². The highest BCUT2D eigenvalue weighted by atomic mass is 35.5. The van der Waals surface area contributed by atoms with E-state index in [0.717, 1.165) is 0 Å². The van der Waals surface area contributed by atoms with Gasteiger partial charge < -0.3 is 15.3 Å². The lowest BCUT2D eigenvalue weighted by Crippen LogP contribution is -2.62. The molecule has 86 valence electrons. The molecule has 1 aromatic carbocycles. The Kier molecular flexibility index (Phi) is 2.78. The number of anilines is 1. The molecule has 5 heteroatoms. The first kappa shape index (κ1) is 11.2. The van der Waals surface area contributed by atoms with E-state index in [0.29, 0.717) is 23.8 Å². The smallest absolute Gasteiger partial charge is 0.322 e. The molecule has 1 heterocycles. The molecule has 0 spiro atoms. The largest absolute Gasteiger partial charge is 0.386 e. The summed E-state index contributed by atoms with van der Waals surface area (Å²) in [6, 6.07) is 6.74. The summed E-state index contributed by atoms with van der Waals surface area (Å²) in [6.07, 6.45) is 0. The predicted octanol–water partition coefficient (Wildman–Crippen LogP) is 1.94. The van der Waals surface area contributed by atoms with E-state index in [2.05, 4.69) is 5.32 Å². The molecular formula is C11H13ClN2O2. The summed E-state index contributed by atoms with van der Waals surface area (Å²) in [5, 5.41) is 12.8. The molecule has 2 N–H and O–H groups in total. The summed E-state index contributed by atoms with van der Waals surface area (Å²) in [5.74, 6) is 0. The number of nitrogens with one attached hydrogen (secondary N) is 1. The molecule has 1 aliphatic heterocycles. The topological polar surface area (TPSA) is 52.6 Å². The lowest BCUT2D eigenvalue weighted by Gasteiger charge is -2.43. The summed E-state index contributed by atoms with van der Waals surface area (Å²) in [5.41, 5.74) is -0.0879. The van der Waals surface area contributed by atoms with Gasteiger partial charge in [0.1, 0.15) is 0 Å². The third-order valence-corrected chi connectivity index (χ3v) is 2.66. The van der Waals surface area contributed by atoms with Gasteiger partial charge in [0.25, 0.3) is 0 Å². The molecule has 2 amide bonds. The van der Waals surface area contributed by atoms with E-state index in [1.54, 1.807) is 36.1 Å². The number of halogens is 1. The monoisotopic (exact) mass is 240 g/mol. The minimum Gasteiger partial charge on any atom is -0.386 e. The Balaban J connectivity index is 1.94. The lowest BCUT2D eigenvalue weighted by molar-refractivity contribution is -0.0581. The number of nitrogens with zero attached hydrogens (tertiary/aromatic N) is 1. The van der Waals surface area contributed by atoms with Crippen molar-refractivity contribution in [1.29, 1.82) is 0 Å². The van der Waals surface area contributed by atoms with Crippen molar-refractivity contribution in [1.82, 2.24) is 4.90 Å². The van der Waals surface area contributed by atoms with Crippen molar-refractivity contribution in [2.24, 2.45) is 0 Å². The van der Waals surface area contributed by atoms with Crippen molar-refractivity contribution in [3.8, 4) is 0 Å². The van der Waals surface area contributed by atoms with Crippen molar-refractivity contribution in [2.45, 2.75) is 12.5 Å². The Morgan fingerprint density at radius 1 is 1.56 bits per heavy atom. The van der Waals surface area contributed by atoms with Crippen molar-refractivity contribution >= 4 is 23.3 Å². The molecule has 0 radical (unpaired) electrons. The molecule has 1 fully saturated rings. The van der Waals surface area contributed by atoms with Gasteiger partial charge in [-0.2, -0.15) is 0 Å². The van der Waals surface area contributed by atoms with E-state index in [1.807, 2.05) is 0 Å². The van der Waals surface area contributed by atoms with Crippen molar-refractivity contribution < 1.29 is 9.90 Å². The molecule has 16 heavy (non-hydrogen) atoms. The van der Waals surface area contributed by atoms with Crippen LogP contribution in [0.4, 0.5) is 10.5 Å². The molecule has 0 saturated carbocycles. The Hall–Kier alpha value is -1.26. The molecule has 1 aromatic rings. The van der Waals surface area contributed by atoms with Crippen molar-refractivity contribution in [3.05, 3.63) is 29.3 Å². The molecular weight excluding hydrogens is 228 g/mol. The van der Waals surface area contributed by atoms with Crippen LogP contribution in [0.3, 0.4) is 0 Å². The van der Waals surface area contributed by atoms with Gasteiger partial charge in [-0.15, -0.1) is 0 Å². The number of hydrogen-bond acceptors (Lipinski definition) is 2. The van der Waals surface area contributed by atoms with Crippen molar-refractivity contribution in [2.75, 3.05) is 18.4 Å². The fraction of sp³-hybridized carbons (Fsp3) is 0.364. The highest BCUT2D eigenvalue weighted by Gasteiger charge is 2.39. The van der Waals surface area contributed by atoms with E-state index in [1.165, 1.54) is 0 Å². The molecule has 0 unspecified atom stereocenters. The van der Waals surface area contributed by atoms with Gasteiger partial charge in [-0.05, 0) is 25.1 Å². The summed E-state index contributed by atoms with van der Waals surface area (Å²) < 4.78 is 0. The number of amides is 2. The van der Waals surface area contributed by atoms with Gasteiger partial charge in [0.2, 0.25) is 0 Å². The Morgan fingerprint density at radius 3 is 2.81 bits per heavy atom. The number of aliphatic hydroxyl groups is 1. The van der Waals surface area contributed by atoms with Crippen LogP contribution >= 0.6 is 11.6 Å². The summed E-state index contributed by atoms with van der Waals surface area (Å²) in [4.78, 5) is 13.2. The predicted molar refractivity (Wildman–Crippen MR) is 62.7 cm³/mol. The number of carbonyl (C=O) groups is 1. The van der Waals surface area contributed by atoms with E-state index in [4.69, 9.17) is 11.6 Å². The first-order chi connectivity index (χ1) is 7.46. The molecule has 0 bridgehead atoms. The van der Waals surface area contributed by atoms with Gasteiger partial charge in [0.05, 0.1) is 18.7 Å². The molecule has 1 saturated heterocycles. The Labute approximate surface area is 98.8 Å². The zero-order valence-electron chi connectivity index (χ0n) is 8.90. The SMILES string of the molecule is CC1(O)CN(C(=O)Nc2cccc(Cl)c2)C1. The number of likely N-dealkylation sites (tertiary alicyclic amines) is 1. The van der Waals surface area contributed by atoms with E-state index in [9.17, 15) is 9.90 Å². The molecule has 2 rings (SSSR count). The minimum absolute atomic E-state index is 0.214. The van der Waals surface area contributed by atoms with Crippen LogP contribution in [0.25, 0.3) is 0 Å². The summed E-state index contributed by atoms with van der Waals surface area (Å²) in [7, 11) is 0. The maximum atomic E-state index is 11.7. The Morgan fingerprint density at radius 2 is 2.25 bits per heavy atom. The van der Waals surface area contributed by atoms with Gasteiger partial charge in [-0.3, -0.25) is 0 Å². The third kappa shape index (κ3) is 2.46. The van der Waals surface area contributed by atoms with Gasteiger partial charge in [0, 0.05) is 10.7 Å². The van der Waals surface area contributed by atoms with Crippen LogP contribution in [-0.2, 0) is 0 Å². The van der Waals surface area contributed by atoms with Crippen LogP contribution in [-0.4, -0.2) is 34.7 Å². The van der Waals surface area contributed by atoms with E-state index in [-0.39, 0.29) is 6.03 Å². The van der Waals surface area contributed by atoms with E-state index >= 15 is 0 Å². The lowest BCUT2D eigenvalue weighted by atomic mass is 9.98. The van der Waals surface area contributed by atoms with Crippen LogP contribution in [0.5, 0.6) is 0 Å². The number of carbonyl (C=O) groups excluding carboxylic acids is 1. The number of β-amino-alcohol motifs (C(OH)–C–C–N with tert-alkyl or cyclic N) is 1. The molecule has 4 nitrogen and oxygen atoms in total. The second-order valence-corrected chi connectivity index (χ2v) is 4.73. The molecule has 0 atom stereocenters. The second-order valence-electron chi connectivity index (χ2n) is 4.29. The maximum absolute atomic E-state index is 11.7. The van der Waals surface area contributed by atoms with Gasteiger partial charge in [-0.25, -0.2) is 4.79 Å². The van der Waals surface area contributed by atoms with Gasteiger partial charge in [0.15, 0.2) is 0 Å². The van der Waals surface area contributed by atoms with Gasteiger partial charge in [-0.1, -0.05) is 17.7 Å². The molecule has 1 aliphatic rings. The average Bonchev–Trinajstić information content (AvgIpc) is 2.13. The standard InChI is InChI=1S/C11H13ClN2O2/c1-11(16)6-14(7-11)10(15)13-9-4-2-3-8(12)5-9/h2-5,16H,6-7H2,1H3,(H,13,15). The summed E-state index contributed by atoms with van der Waals surface area (Å²) >= 11 is 5.80. The highest BCUT2D eigenvalue weighted by Crippen LogP contribution is 2.21. The number of benzene rings is 1. The maximum Gasteiger partial charge on any atom is 0.322 e. The highest BCUT2D eigenvalue weighted by molar-refractivity contribution is 6.30. The number of rotatable bonds is 1. The third-order valence-electron chi connectivity index (χ3n) is 2.43. The minimum atomic E-state index is -0.744.